The maximum absolute atomic E-state index is 13.5. The molecular formula is C20H31FIN3O. The molecule has 0 aromatic heterocycles. The summed E-state index contributed by atoms with van der Waals surface area (Å²) in [6.45, 7) is 2.44. The molecule has 1 aromatic carbocycles. The third kappa shape index (κ3) is 6.08. The average molecular weight is 475 g/mol. The summed E-state index contributed by atoms with van der Waals surface area (Å²) in [5.41, 5.74) is 1.14. The normalized spacial score (nSPS) is 19.1. The first-order valence-corrected chi connectivity index (χ1v) is 9.54. The molecule has 6 heteroatoms. The molecule has 0 unspecified atom stereocenters. The standard InChI is InChI=1S/C20H30FN3O.HI/c1-22-19(23-12-5-13-25-18-8-2-3-9-18)24-15-20(10-11-20)16-6-4-7-17(21)14-16;/h4,6-7,14,18H,2-3,5,8-13,15H2,1H3,(H2,22,23,24);1H. The van der Waals surface area contributed by atoms with E-state index in [2.05, 4.69) is 15.6 Å². The first-order valence-electron chi connectivity index (χ1n) is 9.54. The Morgan fingerprint density at radius 2 is 2.04 bits per heavy atom. The van der Waals surface area contributed by atoms with Crippen molar-refractivity contribution in [3.63, 3.8) is 0 Å². The van der Waals surface area contributed by atoms with Gasteiger partial charge in [0.25, 0.3) is 0 Å². The molecule has 0 atom stereocenters. The van der Waals surface area contributed by atoms with Crippen LogP contribution >= 0.6 is 24.0 Å². The molecule has 3 rings (SSSR count). The van der Waals surface area contributed by atoms with Gasteiger partial charge in [-0.15, -0.1) is 24.0 Å². The van der Waals surface area contributed by atoms with Crippen molar-refractivity contribution in [1.29, 1.82) is 0 Å². The molecule has 2 aliphatic carbocycles. The smallest absolute Gasteiger partial charge is 0.191 e. The van der Waals surface area contributed by atoms with E-state index >= 15 is 0 Å². The molecule has 2 saturated carbocycles. The molecule has 0 spiro atoms. The molecule has 26 heavy (non-hydrogen) atoms. The molecule has 0 bridgehead atoms. The molecule has 4 nitrogen and oxygen atoms in total. The zero-order valence-electron chi connectivity index (χ0n) is 15.6. The zero-order valence-corrected chi connectivity index (χ0v) is 17.9. The summed E-state index contributed by atoms with van der Waals surface area (Å²) in [5.74, 6) is 0.650. The molecule has 0 heterocycles. The Morgan fingerprint density at radius 1 is 1.27 bits per heavy atom. The quantitative estimate of drug-likeness (QED) is 0.259. The number of benzene rings is 1. The van der Waals surface area contributed by atoms with Gasteiger partial charge in [-0.25, -0.2) is 4.39 Å². The maximum Gasteiger partial charge on any atom is 0.191 e. The van der Waals surface area contributed by atoms with Gasteiger partial charge in [0.15, 0.2) is 5.96 Å². The van der Waals surface area contributed by atoms with Crippen LogP contribution in [0.4, 0.5) is 4.39 Å². The highest BCUT2D eigenvalue weighted by molar-refractivity contribution is 14.0. The topological polar surface area (TPSA) is 45.7 Å². The Labute approximate surface area is 173 Å². The van der Waals surface area contributed by atoms with Gasteiger partial charge in [-0.2, -0.15) is 0 Å². The highest BCUT2D eigenvalue weighted by Gasteiger charge is 2.44. The van der Waals surface area contributed by atoms with Crippen molar-refractivity contribution in [2.45, 2.75) is 56.5 Å². The van der Waals surface area contributed by atoms with E-state index in [0.29, 0.717) is 6.10 Å². The monoisotopic (exact) mass is 475 g/mol. The predicted octanol–water partition coefficient (Wildman–Crippen LogP) is 3.99. The summed E-state index contributed by atoms with van der Waals surface area (Å²) in [7, 11) is 1.78. The maximum atomic E-state index is 13.5. The van der Waals surface area contributed by atoms with Crippen LogP contribution in [-0.4, -0.2) is 38.8 Å². The number of hydrogen-bond acceptors (Lipinski definition) is 2. The summed E-state index contributed by atoms with van der Waals surface area (Å²) in [5, 5.41) is 6.74. The number of rotatable bonds is 8. The van der Waals surface area contributed by atoms with Gasteiger partial charge in [-0.3, -0.25) is 4.99 Å². The van der Waals surface area contributed by atoms with E-state index < -0.39 is 0 Å². The zero-order chi connectivity index (χ0) is 17.5. The summed E-state index contributed by atoms with van der Waals surface area (Å²) in [6.07, 6.45) is 8.72. The Bertz CT molecular complexity index is 586. The van der Waals surface area contributed by atoms with Gasteiger partial charge in [-0.05, 0) is 49.8 Å². The van der Waals surface area contributed by atoms with Crippen molar-refractivity contribution in [3.05, 3.63) is 35.6 Å². The van der Waals surface area contributed by atoms with Crippen LogP contribution in [0.5, 0.6) is 0 Å². The second-order valence-corrected chi connectivity index (χ2v) is 7.27. The molecule has 0 saturated heterocycles. The third-order valence-corrected chi connectivity index (χ3v) is 5.38. The molecule has 0 amide bonds. The highest BCUT2D eigenvalue weighted by atomic mass is 127. The third-order valence-electron chi connectivity index (χ3n) is 5.38. The van der Waals surface area contributed by atoms with Crippen molar-refractivity contribution >= 4 is 29.9 Å². The summed E-state index contributed by atoms with van der Waals surface area (Å²) >= 11 is 0. The van der Waals surface area contributed by atoms with E-state index in [4.69, 9.17) is 4.74 Å². The Balaban J connectivity index is 0.00000243. The summed E-state index contributed by atoms with van der Waals surface area (Å²) < 4.78 is 19.3. The number of ether oxygens (including phenoxy) is 1. The van der Waals surface area contributed by atoms with E-state index in [1.807, 2.05) is 6.07 Å². The van der Waals surface area contributed by atoms with E-state index in [-0.39, 0.29) is 35.2 Å². The number of aliphatic imine (C=N–C) groups is 1. The molecule has 0 aliphatic heterocycles. The number of halogens is 2. The van der Waals surface area contributed by atoms with Crippen LogP contribution < -0.4 is 10.6 Å². The predicted molar refractivity (Wildman–Crippen MR) is 115 cm³/mol. The van der Waals surface area contributed by atoms with Crippen LogP contribution in [0.2, 0.25) is 0 Å². The Hall–Kier alpha value is -0.890. The van der Waals surface area contributed by atoms with Gasteiger partial charge >= 0.3 is 0 Å². The second-order valence-electron chi connectivity index (χ2n) is 7.27. The largest absolute Gasteiger partial charge is 0.378 e. The van der Waals surface area contributed by atoms with Crippen LogP contribution in [0.1, 0.15) is 50.5 Å². The number of hydrogen-bond donors (Lipinski definition) is 2. The van der Waals surface area contributed by atoms with Crippen molar-refractivity contribution in [2.24, 2.45) is 4.99 Å². The lowest BCUT2D eigenvalue weighted by atomic mass is 9.96. The van der Waals surface area contributed by atoms with Crippen LogP contribution in [-0.2, 0) is 10.2 Å². The Kier molecular flexibility index (Phi) is 8.60. The minimum Gasteiger partial charge on any atom is -0.378 e. The van der Waals surface area contributed by atoms with Crippen molar-refractivity contribution in [3.8, 4) is 0 Å². The minimum absolute atomic E-state index is 0. The van der Waals surface area contributed by atoms with E-state index in [1.165, 1.54) is 31.7 Å². The lowest BCUT2D eigenvalue weighted by Gasteiger charge is -2.19. The SMILES string of the molecule is CN=C(NCCCOC1CCCC1)NCC1(c2cccc(F)c2)CC1.I. The van der Waals surface area contributed by atoms with Gasteiger partial charge in [0, 0.05) is 32.2 Å². The second kappa shape index (κ2) is 10.4. The molecule has 0 radical (unpaired) electrons. The fraction of sp³-hybridized carbons (Fsp3) is 0.650. The van der Waals surface area contributed by atoms with Crippen molar-refractivity contribution < 1.29 is 9.13 Å². The average Bonchev–Trinajstić information content (AvgIpc) is 3.24. The van der Waals surface area contributed by atoms with Crippen LogP contribution in [0.25, 0.3) is 0 Å². The highest BCUT2D eigenvalue weighted by Crippen LogP contribution is 2.47. The summed E-state index contributed by atoms with van der Waals surface area (Å²) in [4.78, 5) is 4.28. The van der Waals surface area contributed by atoms with Crippen molar-refractivity contribution in [1.82, 2.24) is 10.6 Å². The molecule has 1 aromatic rings. The Morgan fingerprint density at radius 3 is 2.69 bits per heavy atom. The fourth-order valence-electron chi connectivity index (χ4n) is 3.59. The van der Waals surface area contributed by atoms with Gasteiger partial charge in [0.05, 0.1) is 6.10 Å². The lowest BCUT2D eigenvalue weighted by Crippen LogP contribution is -2.41. The first-order chi connectivity index (χ1) is 12.2. The van der Waals surface area contributed by atoms with E-state index in [0.717, 1.165) is 50.5 Å². The van der Waals surface area contributed by atoms with Gasteiger partial charge < -0.3 is 15.4 Å². The van der Waals surface area contributed by atoms with Crippen molar-refractivity contribution in [2.75, 3.05) is 26.7 Å². The molecule has 2 N–H and O–H groups in total. The van der Waals surface area contributed by atoms with Crippen LogP contribution in [0, 0.1) is 5.82 Å². The van der Waals surface area contributed by atoms with Gasteiger partial charge in [0.1, 0.15) is 5.82 Å². The van der Waals surface area contributed by atoms with Gasteiger partial charge in [0.2, 0.25) is 0 Å². The first kappa shape index (κ1) is 21.4. The number of nitrogens with zero attached hydrogens (tertiary/aromatic N) is 1. The molecular weight excluding hydrogens is 444 g/mol. The van der Waals surface area contributed by atoms with Gasteiger partial charge in [-0.1, -0.05) is 25.0 Å². The lowest BCUT2D eigenvalue weighted by molar-refractivity contribution is 0.0574. The number of nitrogens with one attached hydrogen (secondary N) is 2. The van der Waals surface area contributed by atoms with E-state index in [9.17, 15) is 4.39 Å². The van der Waals surface area contributed by atoms with Crippen LogP contribution in [0.3, 0.4) is 0 Å². The number of guanidine groups is 1. The molecule has 2 aliphatic rings. The van der Waals surface area contributed by atoms with E-state index in [1.54, 1.807) is 19.2 Å². The summed E-state index contributed by atoms with van der Waals surface area (Å²) in [6, 6.07) is 6.98. The molecule has 2 fully saturated rings. The minimum atomic E-state index is -0.159. The van der Waals surface area contributed by atoms with Crippen LogP contribution in [0.15, 0.2) is 29.3 Å². The fourth-order valence-corrected chi connectivity index (χ4v) is 3.59. The molecule has 146 valence electrons.